The molecule has 0 aliphatic rings. The van der Waals surface area contributed by atoms with Gasteiger partial charge in [0.2, 0.25) is 0 Å². The van der Waals surface area contributed by atoms with Crippen LogP contribution in [0.1, 0.15) is 28.1 Å². The predicted octanol–water partition coefficient (Wildman–Crippen LogP) is -2.12. The van der Waals surface area contributed by atoms with Gasteiger partial charge in [-0.1, -0.05) is 13.8 Å². The fourth-order valence-electron chi connectivity index (χ4n) is 0.500. The van der Waals surface area contributed by atoms with Crippen LogP contribution in [0.3, 0.4) is 0 Å². The Balaban J connectivity index is -0.0000000651. The largest absolute Gasteiger partial charge is 1.00 e. The number of aliphatic hydroxyl groups is 1. The van der Waals surface area contributed by atoms with Gasteiger partial charge in [0.05, 0.1) is 0 Å². The Morgan fingerprint density at radius 3 is 1.69 bits per heavy atom. The molecule has 0 saturated carbocycles. The summed E-state index contributed by atoms with van der Waals surface area (Å²) < 4.78 is 31.6. The van der Waals surface area contributed by atoms with Crippen LogP contribution in [0.15, 0.2) is 0 Å². The van der Waals surface area contributed by atoms with Crippen molar-refractivity contribution in [1.82, 2.24) is 0 Å². The second-order valence-corrected chi connectivity index (χ2v) is 3.60. The maximum Gasteiger partial charge on any atom is 1.00 e. The molecule has 3 N–H and O–H groups in total. The van der Waals surface area contributed by atoms with Crippen LogP contribution < -0.4 is 29.6 Å². The van der Waals surface area contributed by atoms with Crippen molar-refractivity contribution in [1.29, 1.82) is 0 Å². The third-order valence-corrected chi connectivity index (χ3v) is 0.940. The standard InChI is InChI=1S/C6H14O.Na.H2O4S.H/c1-6(2)4-3-5-7;;1-5(2,3)4;/h6-7H,3-5H2,1-2H3;;(H2,1,2,3,4);/q;+1;;-1. The molecular formula is C6H17NaO5S. The molecule has 78 valence electrons. The van der Waals surface area contributed by atoms with E-state index in [1.807, 2.05) is 0 Å². The number of rotatable bonds is 3. The molecule has 0 heterocycles. The van der Waals surface area contributed by atoms with Crippen LogP contribution in [0.4, 0.5) is 0 Å². The van der Waals surface area contributed by atoms with Crippen molar-refractivity contribution in [2.24, 2.45) is 5.92 Å². The molecule has 0 aliphatic carbocycles. The fraction of sp³-hybridized carbons (Fsp3) is 1.00. The average Bonchev–Trinajstić information content (AvgIpc) is 1.79. The predicted molar refractivity (Wildman–Crippen MR) is 46.4 cm³/mol. The van der Waals surface area contributed by atoms with Crippen molar-refractivity contribution in [2.75, 3.05) is 6.61 Å². The van der Waals surface area contributed by atoms with Gasteiger partial charge in [-0.15, -0.1) is 0 Å². The van der Waals surface area contributed by atoms with E-state index in [1.54, 1.807) is 0 Å². The van der Waals surface area contributed by atoms with Crippen molar-refractivity contribution < 1.29 is 53.6 Å². The van der Waals surface area contributed by atoms with E-state index in [4.69, 9.17) is 22.6 Å². The molecule has 0 bridgehead atoms. The third kappa shape index (κ3) is 64.5. The first-order chi connectivity index (χ1) is 5.27. The van der Waals surface area contributed by atoms with E-state index in [9.17, 15) is 0 Å². The monoisotopic (exact) mass is 224 g/mol. The summed E-state index contributed by atoms with van der Waals surface area (Å²) in [5, 5.41) is 8.32. The Morgan fingerprint density at radius 2 is 1.62 bits per heavy atom. The molecule has 0 aromatic rings. The zero-order valence-corrected chi connectivity index (χ0v) is 11.1. The Hall–Kier alpha value is 0.830. The maximum atomic E-state index is 8.74. The van der Waals surface area contributed by atoms with E-state index in [0.717, 1.165) is 18.8 Å². The minimum atomic E-state index is -4.67. The molecule has 0 aliphatic heterocycles. The van der Waals surface area contributed by atoms with E-state index in [-0.39, 0.29) is 31.0 Å². The Kier molecular flexibility index (Phi) is 16.3. The summed E-state index contributed by atoms with van der Waals surface area (Å²) in [5.41, 5.74) is 0. The Morgan fingerprint density at radius 1 is 1.31 bits per heavy atom. The molecule has 0 aromatic heterocycles. The molecule has 0 aromatic carbocycles. The summed E-state index contributed by atoms with van der Waals surface area (Å²) in [6, 6.07) is 0. The normalized spacial score (nSPS) is 10.0. The quantitative estimate of drug-likeness (QED) is 0.376. The van der Waals surface area contributed by atoms with Gasteiger partial charge in [-0.05, 0) is 18.8 Å². The van der Waals surface area contributed by atoms with E-state index < -0.39 is 10.4 Å². The van der Waals surface area contributed by atoms with E-state index in [1.165, 1.54) is 0 Å². The zero-order valence-electron chi connectivity index (χ0n) is 9.27. The van der Waals surface area contributed by atoms with Gasteiger partial charge in [0.15, 0.2) is 0 Å². The molecule has 0 unspecified atom stereocenters. The molecule has 0 fully saturated rings. The summed E-state index contributed by atoms with van der Waals surface area (Å²) in [6.07, 6.45) is 2.11. The van der Waals surface area contributed by atoms with Crippen LogP contribution >= 0.6 is 0 Å². The van der Waals surface area contributed by atoms with Crippen LogP contribution in [0.5, 0.6) is 0 Å². The maximum absolute atomic E-state index is 8.74. The van der Waals surface area contributed by atoms with Gasteiger partial charge in [-0.25, -0.2) is 0 Å². The molecule has 0 amide bonds. The van der Waals surface area contributed by atoms with Crippen LogP contribution in [-0.2, 0) is 10.4 Å². The van der Waals surface area contributed by atoms with E-state index >= 15 is 0 Å². The van der Waals surface area contributed by atoms with Crippen LogP contribution in [0, 0.1) is 5.92 Å². The smallest absolute Gasteiger partial charge is 1.00 e. The molecule has 0 saturated heterocycles. The second kappa shape index (κ2) is 10.9. The molecule has 0 spiro atoms. The molecule has 0 atom stereocenters. The van der Waals surface area contributed by atoms with Gasteiger partial charge >= 0.3 is 40.0 Å². The first-order valence-corrected chi connectivity index (χ1v) is 4.97. The number of aliphatic hydroxyl groups excluding tert-OH is 1. The molecule has 5 nitrogen and oxygen atoms in total. The molecule has 7 heteroatoms. The van der Waals surface area contributed by atoms with E-state index in [0.29, 0.717) is 6.61 Å². The van der Waals surface area contributed by atoms with Gasteiger partial charge in [0.1, 0.15) is 0 Å². The van der Waals surface area contributed by atoms with Crippen molar-refractivity contribution >= 4 is 10.4 Å². The van der Waals surface area contributed by atoms with Gasteiger partial charge in [0.25, 0.3) is 0 Å². The minimum absolute atomic E-state index is 0. The van der Waals surface area contributed by atoms with Crippen LogP contribution in [0.25, 0.3) is 0 Å². The van der Waals surface area contributed by atoms with Crippen molar-refractivity contribution in [3.63, 3.8) is 0 Å². The van der Waals surface area contributed by atoms with E-state index in [2.05, 4.69) is 13.8 Å². The summed E-state index contributed by atoms with van der Waals surface area (Å²) >= 11 is 0. The number of hydrogen-bond acceptors (Lipinski definition) is 3. The summed E-state index contributed by atoms with van der Waals surface area (Å²) in [4.78, 5) is 0. The summed E-state index contributed by atoms with van der Waals surface area (Å²) in [6.45, 7) is 4.67. The first kappa shape index (κ1) is 19.4. The van der Waals surface area contributed by atoms with Crippen LogP contribution in [0.2, 0.25) is 0 Å². The van der Waals surface area contributed by atoms with Crippen LogP contribution in [-0.4, -0.2) is 29.2 Å². The number of hydrogen-bond donors (Lipinski definition) is 3. The second-order valence-electron chi connectivity index (χ2n) is 2.71. The van der Waals surface area contributed by atoms with Gasteiger partial charge in [-0.2, -0.15) is 8.42 Å². The summed E-state index contributed by atoms with van der Waals surface area (Å²) in [7, 11) is -4.67. The first-order valence-electron chi connectivity index (χ1n) is 3.58. The van der Waals surface area contributed by atoms with Gasteiger partial charge < -0.3 is 6.53 Å². The SMILES string of the molecule is CC(C)CCCO.O=S(=O)(O)O.[H-].[Na+]. The molecule has 0 rings (SSSR count). The Labute approximate surface area is 103 Å². The Bertz CT molecular complexity index is 175. The van der Waals surface area contributed by atoms with Crippen molar-refractivity contribution in [3.8, 4) is 0 Å². The molecule has 13 heavy (non-hydrogen) atoms. The minimum Gasteiger partial charge on any atom is -1.00 e. The van der Waals surface area contributed by atoms with Gasteiger partial charge in [-0.3, -0.25) is 9.11 Å². The van der Waals surface area contributed by atoms with Crippen molar-refractivity contribution in [3.05, 3.63) is 0 Å². The topological polar surface area (TPSA) is 94.8 Å². The van der Waals surface area contributed by atoms with Crippen molar-refractivity contribution in [2.45, 2.75) is 26.7 Å². The zero-order chi connectivity index (χ0) is 10.2. The molecule has 0 radical (unpaired) electrons. The summed E-state index contributed by atoms with van der Waals surface area (Å²) in [5.74, 6) is 0.743. The van der Waals surface area contributed by atoms with Gasteiger partial charge in [0, 0.05) is 6.61 Å². The average molecular weight is 224 g/mol. The fourth-order valence-corrected chi connectivity index (χ4v) is 0.500. The molecular weight excluding hydrogens is 207 g/mol. The third-order valence-electron chi connectivity index (χ3n) is 0.940.